The van der Waals surface area contributed by atoms with Crippen LogP contribution in [0.25, 0.3) is 0 Å². The molecule has 0 unspecified atom stereocenters. The lowest BCUT2D eigenvalue weighted by Crippen LogP contribution is -2.67. The zero-order valence-corrected chi connectivity index (χ0v) is 28.5. The maximum Gasteiger partial charge on any atom is 0.306 e. The van der Waals surface area contributed by atoms with Gasteiger partial charge >= 0.3 is 5.97 Å². The summed E-state index contributed by atoms with van der Waals surface area (Å²) in [5.74, 6) is -3.22. The molecule has 11 nitrogen and oxygen atoms in total. The highest BCUT2D eigenvalue weighted by atomic mass is 35.6. The van der Waals surface area contributed by atoms with Gasteiger partial charge in [0.05, 0.1) is 37.4 Å². The van der Waals surface area contributed by atoms with Gasteiger partial charge in [-0.05, 0) is 30.2 Å². The van der Waals surface area contributed by atoms with E-state index >= 15 is 0 Å². The highest BCUT2D eigenvalue weighted by Crippen LogP contribution is 2.38. The first-order chi connectivity index (χ1) is 23.4. The van der Waals surface area contributed by atoms with Gasteiger partial charge in [-0.25, -0.2) is 0 Å². The summed E-state index contributed by atoms with van der Waals surface area (Å²) in [6.45, 7) is 1.25. The molecule has 1 N–H and O–H groups in total. The number of rotatable bonds is 13. The van der Waals surface area contributed by atoms with Gasteiger partial charge in [0, 0.05) is 6.42 Å². The van der Waals surface area contributed by atoms with Crippen molar-refractivity contribution in [2.24, 2.45) is 0 Å². The number of hydrogen-bond acceptors (Lipinski definition) is 10. The molecule has 2 amide bonds. The molecule has 0 aliphatic carbocycles. The minimum absolute atomic E-state index is 0.0567. The summed E-state index contributed by atoms with van der Waals surface area (Å²) in [4.78, 5) is 53.6. The highest BCUT2D eigenvalue weighted by molar-refractivity contribution is 6.76. The SMILES string of the molecule is CC(=O)CCC(=O)O[C@H]1[C@H](OCc2ccccc2)[C@@H](N2C(=O)c3ccccc3C2=O)[C@H](OC(=N)C(Cl)(Cl)Cl)O[C@@H]1COCc1ccccc1. The second-order valence-electron chi connectivity index (χ2n) is 11.4. The number of alkyl halides is 3. The van der Waals surface area contributed by atoms with E-state index in [9.17, 15) is 19.2 Å². The van der Waals surface area contributed by atoms with Gasteiger partial charge in [-0.15, -0.1) is 0 Å². The third-order valence-electron chi connectivity index (χ3n) is 7.86. The zero-order valence-electron chi connectivity index (χ0n) is 26.3. The van der Waals surface area contributed by atoms with Crippen LogP contribution in [0, 0.1) is 5.41 Å². The molecule has 2 aliphatic rings. The van der Waals surface area contributed by atoms with E-state index in [1.807, 2.05) is 36.4 Å². The third-order valence-corrected chi connectivity index (χ3v) is 8.37. The largest absolute Gasteiger partial charge is 0.457 e. The van der Waals surface area contributed by atoms with Crippen LogP contribution in [0.1, 0.15) is 51.6 Å². The van der Waals surface area contributed by atoms with Crippen LogP contribution < -0.4 is 0 Å². The minimum Gasteiger partial charge on any atom is -0.457 e. The van der Waals surface area contributed by atoms with E-state index in [2.05, 4.69) is 0 Å². The Kier molecular flexibility index (Phi) is 12.1. The van der Waals surface area contributed by atoms with Crippen molar-refractivity contribution in [3.63, 3.8) is 0 Å². The molecule has 258 valence electrons. The normalized spacial score (nSPS) is 22.0. The van der Waals surface area contributed by atoms with Gasteiger partial charge in [0.25, 0.3) is 15.6 Å². The van der Waals surface area contributed by atoms with Crippen LogP contribution in [0.15, 0.2) is 84.9 Å². The molecule has 0 aromatic heterocycles. The van der Waals surface area contributed by atoms with Crippen molar-refractivity contribution < 1.29 is 42.9 Å². The number of esters is 1. The molecule has 0 spiro atoms. The summed E-state index contributed by atoms with van der Waals surface area (Å²) >= 11 is 18.0. The number of ether oxygens (including phenoxy) is 5. The van der Waals surface area contributed by atoms with Gasteiger partial charge in [-0.2, -0.15) is 0 Å². The Labute approximate surface area is 297 Å². The summed E-state index contributed by atoms with van der Waals surface area (Å²) in [5.41, 5.74) is 1.81. The Balaban J connectivity index is 1.57. The number of benzene rings is 3. The number of hydrogen-bond donors (Lipinski definition) is 1. The molecule has 2 heterocycles. The average molecular weight is 732 g/mol. The number of halogens is 3. The molecule has 2 aliphatic heterocycles. The van der Waals surface area contributed by atoms with Crippen LogP contribution in [-0.2, 0) is 46.5 Å². The van der Waals surface area contributed by atoms with Crippen molar-refractivity contribution in [2.75, 3.05) is 6.61 Å². The number of imide groups is 1. The van der Waals surface area contributed by atoms with Gasteiger partial charge in [0.15, 0.2) is 6.10 Å². The quantitative estimate of drug-likeness (QED) is 0.0757. The van der Waals surface area contributed by atoms with Crippen LogP contribution in [0.2, 0.25) is 0 Å². The number of fused-ring (bicyclic) bond motifs is 1. The summed E-state index contributed by atoms with van der Waals surface area (Å²) in [6, 6.07) is 23.1. The second kappa shape index (κ2) is 16.2. The molecule has 3 aromatic rings. The summed E-state index contributed by atoms with van der Waals surface area (Å²) in [5, 5.41) is 8.37. The van der Waals surface area contributed by atoms with Crippen LogP contribution in [0.3, 0.4) is 0 Å². The summed E-state index contributed by atoms with van der Waals surface area (Å²) < 4.78 is 28.1. The molecule has 0 saturated carbocycles. The van der Waals surface area contributed by atoms with Gasteiger partial charge in [0.1, 0.15) is 24.0 Å². The number of Topliss-reactive ketones (excluding diaryl/α,β-unsaturated/α-hetero) is 1. The molecule has 1 saturated heterocycles. The molecule has 5 rings (SSSR count). The zero-order chi connectivity index (χ0) is 35.1. The van der Waals surface area contributed by atoms with E-state index < -0.39 is 58.1 Å². The van der Waals surface area contributed by atoms with Crippen LogP contribution in [-0.4, -0.2) is 75.4 Å². The van der Waals surface area contributed by atoms with Crippen LogP contribution in [0.5, 0.6) is 0 Å². The van der Waals surface area contributed by atoms with Crippen molar-refractivity contribution in [3.05, 3.63) is 107 Å². The number of carbonyl (C=O) groups is 4. The predicted octanol–water partition coefficient (Wildman–Crippen LogP) is 5.82. The van der Waals surface area contributed by atoms with Gasteiger partial charge < -0.3 is 28.5 Å². The molecule has 5 atom stereocenters. The number of amides is 2. The molecule has 0 bridgehead atoms. The van der Waals surface area contributed by atoms with E-state index in [1.165, 1.54) is 19.1 Å². The van der Waals surface area contributed by atoms with Crippen molar-refractivity contribution in [1.82, 2.24) is 4.90 Å². The van der Waals surface area contributed by atoms with E-state index in [4.69, 9.17) is 63.9 Å². The fourth-order valence-corrected chi connectivity index (χ4v) is 5.65. The first-order valence-electron chi connectivity index (χ1n) is 15.3. The van der Waals surface area contributed by atoms with Gasteiger partial charge in [0.2, 0.25) is 12.2 Å². The van der Waals surface area contributed by atoms with Crippen molar-refractivity contribution in [1.29, 1.82) is 5.41 Å². The Morgan fingerprint density at radius 1 is 0.796 bits per heavy atom. The Morgan fingerprint density at radius 3 is 1.90 bits per heavy atom. The van der Waals surface area contributed by atoms with Gasteiger partial charge in [-0.3, -0.25) is 24.7 Å². The fraction of sp³-hybridized carbons (Fsp3) is 0.343. The molecule has 0 radical (unpaired) electrons. The van der Waals surface area contributed by atoms with E-state index in [0.29, 0.717) is 0 Å². The molecule has 3 aromatic carbocycles. The maximum absolute atomic E-state index is 13.9. The average Bonchev–Trinajstić information content (AvgIpc) is 3.33. The molecular formula is C35H33Cl3N2O9. The van der Waals surface area contributed by atoms with E-state index in [1.54, 1.807) is 36.4 Å². The molecule has 14 heteroatoms. The Morgan fingerprint density at radius 2 is 1.35 bits per heavy atom. The Bertz CT molecular complexity index is 1630. The third kappa shape index (κ3) is 9.04. The van der Waals surface area contributed by atoms with Crippen molar-refractivity contribution in [3.8, 4) is 0 Å². The van der Waals surface area contributed by atoms with Crippen molar-refractivity contribution in [2.45, 2.75) is 67.4 Å². The maximum atomic E-state index is 13.9. The number of ketones is 1. The lowest BCUT2D eigenvalue weighted by molar-refractivity contribution is -0.276. The predicted molar refractivity (Wildman–Crippen MR) is 179 cm³/mol. The van der Waals surface area contributed by atoms with E-state index in [0.717, 1.165) is 16.0 Å². The minimum atomic E-state index is -2.34. The highest BCUT2D eigenvalue weighted by Gasteiger charge is 2.57. The molecule has 49 heavy (non-hydrogen) atoms. The lowest BCUT2D eigenvalue weighted by Gasteiger charge is -2.47. The molecule has 1 fully saturated rings. The number of carbonyl (C=O) groups excluding carboxylic acids is 4. The van der Waals surface area contributed by atoms with E-state index in [-0.39, 0.29) is 49.6 Å². The Hall–Kier alpha value is -3.84. The standard InChI is InChI=1S/C35H33Cl3N2O9/c1-21(41)16-17-27(42)48-29-26(20-45-18-22-10-4-2-5-11-22)47-33(49-34(39)35(36,37)38)28(30(29)46-19-23-12-6-3-7-13-23)40-31(43)24-14-8-9-15-25(24)32(40)44/h2-15,26,28-30,33,39H,16-20H2,1H3/t26-,28-,29-,30-,33+/m1/s1. The number of nitrogens with one attached hydrogen (secondary N) is 1. The van der Waals surface area contributed by atoms with Crippen LogP contribution in [0.4, 0.5) is 0 Å². The number of nitrogens with zero attached hydrogens (tertiary/aromatic N) is 1. The van der Waals surface area contributed by atoms with Crippen LogP contribution >= 0.6 is 34.8 Å². The molecular weight excluding hydrogens is 699 g/mol. The second-order valence-corrected chi connectivity index (χ2v) is 13.7. The lowest BCUT2D eigenvalue weighted by atomic mass is 9.94. The fourth-order valence-electron chi connectivity index (χ4n) is 5.51. The van der Waals surface area contributed by atoms with Gasteiger partial charge in [-0.1, -0.05) is 108 Å². The topological polar surface area (TPSA) is 142 Å². The summed E-state index contributed by atoms with van der Waals surface area (Å²) in [7, 11) is 0. The smallest absolute Gasteiger partial charge is 0.306 e. The first-order valence-corrected chi connectivity index (χ1v) is 16.5. The van der Waals surface area contributed by atoms with Crippen molar-refractivity contribution >= 4 is 64.3 Å². The monoisotopic (exact) mass is 730 g/mol. The first kappa shape index (κ1) is 36.4. The summed E-state index contributed by atoms with van der Waals surface area (Å²) in [6.07, 6.45) is -5.75.